The lowest BCUT2D eigenvalue weighted by molar-refractivity contribution is -0.135. The van der Waals surface area contributed by atoms with Gasteiger partial charge in [0.15, 0.2) is 0 Å². The molecular weight excluding hydrogens is 292 g/mol. The Kier molecular flexibility index (Phi) is 8.37. The molecule has 134 valence electrons. The summed E-state index contributed by atoms with van der Waals surface area (Å²) in [5, 5.41) is 5.73. The number of rotatable bonds is 7. The molecule has 3 amide bonds. The van der Waals surface area contributed by atoms with Crippen molar-refractivity contribution in [2.75, 3.05) is 39.8 Å². The highest BCUT2D eigenvalue weighted by Crippen LogP contribution is 2.10. The number of nitrogens with zero attached hydrogens (tertiary/aromatic N) is 2. The van der Waals surface area contributed by atoms with Gasteiger partial charge in [0, 0.05) is 32.7 Å². The molecule has 6 heteroatoms. The summed E-state index contributed by atoms with van der Waals surface area (Å²) < 4.78 is 0. The first-order valence-electron chi connectivity index (χ1n) is 8.81. The van der Waals surface area contributed by atoms with Crippen LogP contribution < -0.4 is 10.6 Å². The summed E-state index contributed by atoms with van der Waals surface area (Å²) in [6.07, 6.45) is 1.61. The summed E-state index contributed by atoms with van der Waals surface area (Å²) in [5.41, 5.74) is 0. The lowest BCUT2D eigenvalue weighted by Crippen LogP contribution is -2.55. The largest absolute Gasteiger partial charge is 0.338 e. The van der Waals surface area contributed by atoms with Crippen LogP contribution in [0, 0.1) is 11.8 Å². The Labute approximate surface area is 141 Å². The van der Waals surface area contributed by atoms with Gasteiger partial charge in [-0.05, 0) is 31.7 Å². The van der Waals surface area contributed by atoms with Gasteiger partial charge in [-0.25, -0.2) is 4.79 Å². The van der Waals surface area contributed by atoms with Crippen molar-refractivity contribution < 1.29 is 9.59 Å². The quantitative estimate of drug-likeness (QED) is 0.745. The molecule has 0 aromatic rings. The second kappa shape index (κ2) is 9.75. The molecule has 1 aliphatic rings. The fourth-order valence-corrected chi connectivity index (χ4v) is 2.62. The van der Waals surface area contributed by atoms with E-state index in [0.717, 1.165) is 32.6 Å². The van der Waals surface area contributed by atoms with Crippen molar-refractivity contribution in [2.24, 2.45) is 11.8 Å². The van der Waals surface area contributed by atoms with E-state index in [4.69, 9.17) is 0 Å². The van der Waals surface area contributed by atoms with Crippen molar-refractivity contribution in [1.29, 1.82) is 0 Å². The summed E-state index contributed by atoms with van der Waals surface area (Å²) in [6.45, 7) is 12.3. The SMILES string of the molecule is CC(C)CCNC(=O)N[C@@H](CC(C)C)C(=O)N1CCN(C)CC1. The number of likely N-dealkylation sites (N-methyl/N-ethyl adjacent to an activating group) is 1. The highest BCUT2D eigenvalue weighted by Gasteiger charge is 2.28. The van der Waals surface area contributed by atoms with Gasteiger partial charge in [0.1, 0.15) is 6.04 Å². The van der Waals surface area contributed by atoms with Gasteiger partial charge >= 0.3 is 6.03 Å². The number of hydrogen-bond donors (Lipinski definition) is 2. The molecule has 1 atom stereocenters. The number of amides is 3. The van der Waals surface area contributed by atoms with Crippen LogP contribution in [0.15, 0.2) is 0 Å². The second-order valence-electron chi connectivity index (χ2n) is 7.39. The Hall–Kier alpha value is -1.30. The maximum atomic E-state index is 12.7. The minimum absolute atomic E-state index is 0.0470. The number of urea groups is 1. The molecule has 1 heterocycles. The van der Waals surface area contributed by atoms with E-state index < -0.39 is 6.04 Å². The van der Waals surface area contributed by atoms with E-state index in [9.17, 15) is 9.59 Å². The van der Waals surface area contributed by atoms with Crippen LogP contribution in [0.5, 0.6) is 0 Å². The van der Waals surface area contributed by atoms with E-state index in [2.05, 4.69) is 50.3 Å². The van der Waals surface area contributed by atoms with E-state index in [1.165, 1.54) is 0 Å². The summed E-state index contributed by atoms with van der Waals surface area (Å²) in [5.74, 6) is 0.951. The highest BCUT2D eigenvalue weighted by molar-refractivity contribution is 5.87. The fraction of sp³-hybridized carbons (Fsp3) is 0.882. The zero-order chi connectivity index (χ0) is 17.4. The Morgan fingerprint density at radius 1 is 1.00 bits per heavy atom. The molecule has 0 aromatic carbocycles. The maximum absolute atomic E-state index is 12.7. The molecule has 1 fully saturated rings. The predicted molar refractivity (Wildman–Crippen MR) is 93.3 cm³/mol. The molecule has 0 saturated carbocycles. The normalized spacial score (nSPS) is 17.4. The van der Waals surface area contributed by atoms with Crippen LogP contribution in [-0.4, -0.2) is 67.6 Å². The van der Waals surface area contributed by atoms with Crippen LogP contribution in [0.25, 0.3) is 0 Å². The molecule has 0 spiro atoms. The molecule has 1 rings (SSSR count). The lowest BCUT2D eigenvalue weighted by Gasteiger charge is -2.35. The molecule has 0 radical (unpaired) electrons. The van der Waals surface area contributed by atoms with Gasteiger partial charge in [-0.15, -0.1) is 0 Å². The van der Waals surface area contributed by atoms with E-state index in [0.29, 0.717) is 24.8 Å². The fourth-order valence-electron chi connectivity index (χ4n) is 2.62. The molecule has 0 aliphatic carbocycles. The number of nitrogens with one attached hydrogen (secondary N) is 2. The van der Waals surface area contributed by atoms with Crippen molar-refractivity contribution in [3.05, 3.63) is 0 Å². The van der Waals surface area contributed by atoms with Crippen LogP contribution >= 0.6 is 0 Å². The third kappa shape index (κ3) is 7.68. The Bertz CT molecular complexity index is 377. The van der Waals surface area contributed by atoms with Crippen molar-refractivity contribution in [3.63, 3.8) is 0 Å². The minimum Gasteiger partial charge on any atom is -0.338 e. The molecule has 1 aliphatic heterocycles. The first kappa shape index (κ1) is 19.7. The summed E-state index contributed by atoms with van der Waals surface area (Å²) >= 11 is 0. The van der Waals surface area contributed by atoms with Gasteiger partial charge in [0.05, 0.1) is 0 Å². The molecule has 0 unspecified atom stereocenters. The second-order valence-corrected chi connectivity index (χ2v) is 7.39. The van der Waals surface area contributed by atoms with Gasteiger partial charge in [0.2, 0.25) is 5.91 Å². The highest BCUT2D eigenvalue weighted by atomic mass is 16.2. The summed E-state index contributed by atoms with van der Waals surface area (Å²) in [7, 11) is 2.06. The van der Waals surface area contributed by atoms with Gasteiger partial charge in [-0.3, -0.25) is 4.79 Å². The average molecular weight is 326 g/mol. The molecule has 1 saturated heterocycles. The smallest absolute Gasteiger partial charge is 0.315 e. The number of carbonyl (C=O) groups excluding carboxylic acids is 2. The van der Waals surface area contributed by atoms with E-state index in [1.54, 1.807) is 0 Å². The van der Waals surface area contributed by atoms with E-state index >= 15 is 0 Å². The predicted octanol–water partition coefficient (Wildman–Crippen LogP) is 1.52. The minimum atomic E-state index is -0.433. The summed E-state index contributed by atoms with van der Waals surface area (Å²) in [6, 6.07) is -0.670. The first-order valence-corrected chi connectivity index (χ1v) is 8.81. The van der Waals surface area contributed by atoms with Crippen molar-refractivity contribution in [2.45, 2.75) is 46.6 Å². The third-order valence-electron chi connectivity index (χ3n) is 4.13. The Balaban J connectivity index is 2.53. The standard InChI is InChI=1S/C17H34N4O2/c1-13(2)6-7-18-17(23)19-15(12-14(3)4)16(22)21-10-8-20(5)9-11-21/h13-15H,6-12H2,1-5H3,(H2,18,19,23)/t15-/m0/s1. The number of hydrogen-bond acceptors (Lipinski definition) is 3. The molecule has 0 aromatic heterocycles. The van der Waals surface area contributed by atoms with Crippen LogP contribution in [0.1, 0.15) is 40.5 Å². The van der Waals surface area contributed by atoms with E-state index in [-0.39, 0.29) is 11.9 Å². The van der Waals surface area contributed by atoms with Gasteiger partial charge < -0.3 is 20.4 Å². The van der Waals surface area contributed by atoms with Gasteiger partial charge in [0.25, 0.3) is 0 Å². The van der Waals surface area contributed by atoms with Crippen LogP contribution in [-0.2, 0) is 4.79 Å². The van der Waals surface area contributed by atoms with Crippen LogP contribution in [0.3, 0.4) is 0 Å². The average Bonchev–Trinajstić information content (AvgIpc) is 2.45. The van der Waals surface area contributed by atoms with Gasteiger partial charge in [-0.2, -0.15) is 0 Å². The monoisotopic (exact) mass is 326 g/mol. The lowest BCUT2D eigenvalue weighted by atomic mass is 10.0. The molecule has 2 N–H and O–H groups in total. The molecular formula is C17H34N4O2. The zero-order valence-electron chi connectivity index (χ0n) is 15.4. The third-order valence-corrected chi connectivity index (χ3v) is 4.13. The zero-order valence-corrected chi connectivity index (χ0v) is 15.4. The first-order chi connectivity index (χ1) is 10.8. The van der Waals surface area contributed by atoms with Crippen molar-refractivity contribution >= 4 is 11.9 Å². The van der Waals surface area contributed by atoms with Crippen molar-refractivity contribution in [1.82, 2.24) is 20.4 Å². The Morgan fingerprint density at radius 3 is 2.13 bits per heavy atom. The Morgan fingerprint density at radius 2 is 1.61 bits per heavy atom. The van der Waals surface area contributed by atoms with Crippen LogP contribution in [0.4, 0.5) is 4.79 Å². The van der Waals surface area contributed by atoms with Gasteiger partial charge in [-0.1, -0.05) is 27.7 Å². The number of carbonyl (C=O) groups is 2. The van der Waals surface area contributed by atoms with E-state index in [1.807, 2.05) is 4.90 Å². The topological polar surface area (TPSA) is 64.7 Å². The molecule has 0 bridgehead atoms. The molecule has 23 heavy (non-hydrogen) atoms. The van der Waals surface area contributed by atoms with Crippen molar-refractivity contribution in [3.8, 4) is 0 Å². The summed E-state index contributed by atoms with van der Waals surface area (Å²) in [4.78, 5) is 28.9. The maximum Gasteiger partial charge on any atom is 0.315 e. The number of piperazine rings is 1. The molecule has 6 nitrogen and oxygen atoms in total. The van der Waals surface area contributed by atoms with Crippen LogP contribution in [0.2, 0.25) is 0 Å².